The fraction of sp³-hybridized carbons (Fsp3) is 0.765. The van der Waals surface area contributed by atoms with Crippen LogP contribution in [-0.2, 0) is 9.47 Å². The molecule has 0 radical (unpaired) electrons. The van der Waals surface area contributed by atoms with Crippen molar-refractivity contribution < 1.29 is 9.47 Å². The zero-order valence-corrected chi connectivity index (χ0v) is 12.8. The zero-order chi connectivity index (χ0) is 13.8. The summed E-state index contributed by atoms with van der Waals surface area (Å²) >= 11 is 0. The molecule has 0 saturated heterocycles. The SMILES string of the molecule is CCCOCC1C(OC)=CC=C([C@@H]2CC[C@@H]2C)[C@H]1C. The fourth-order valence-electron chi connectivity index (χ4n) is 3.36. The van der Waals surface area contributed by atoms with Gasteiger partial charge in [0.2, 0.25) is 0 Å². The lowest BCUT2D eigenvalue weighted by Gasteiger charge is -2.41. The molecule has 2 aliphatic rings. The molecule has 2 nitrogen and oxygen atoms in total. The van der Waals surface area contributed by atoms with Crippen LogP contribution in [0.4, 0.5) is 0 Å². The molecule has 1 fully saturated rings. The van der Waals surface area contributed by atoms with Gasteiger partial charge in [-0.3, -0.25) is 0 Å². The van der Waals surface area contributed by atoms with E-state index in [1.54, 1.807) is 12.7 Å². The Kier molecular flexibility index (Phi) is 5.09. The Labute approximate surface area is 117 Å². The molecule has 1 saturated carbocycles. The number of rotatable bonds is 6. The van der Waals surface area contributed by atoms with E-state index in [0.29, 0.717) is 11.8 Å². The number of ether oxygens (including phenoxy) is 2. The number of hydrogen-bond acceptors (Lipinski definition) is 2. The van der Waals surface area contributed by atoms with Gasteiger partial charge in [0.05, 0.1) is 13.7 Å². The van der Waals surface area contributed by atoms with Gasteiger partial charge in [0.1, 0.15) is 5.76 Å². The Balaban J connectivity index is 2.06. The Morgan fingerprint density at radius 2 is 2.00 bits per heavy atom. The minimum atomic E-state index is 0.393. The predicted octanol–water partition coefficient (Wildman–Crippen LogP) is 4.18. The van der Waals surface area contributed by atoms with Gasteiger partial charge >= 0.3 is 0 Å². The highest BCUT2D eigenvalue weighted by atomic mass is 16.5. The van der Waals surface area contributed by atoms with Crippen molar-refractivity contribution >= 4 is 0 Å². The molecule has 0 aromatic heterocycles. The van der Waals surface area contributed by atoms with E-state index in [9.17, 15) is 0 Å². The van der Waals surface area contributed by atoms with Gasteiger partial charge in [0.15, 0.2) is 0 Å². The smallest absolute Gasteiger partial charge is 0.101 e. The molecule has 108 valence electrons. The van der Waals surface area contributed by atoms with E-state index in [2.05, 4.69) is 32.9 Å². The first-order valence-corrected chi connectivity index (χ1v) is 7.72. The van der Waals surface area contributed by atoms with E-state index in [4.69, 9.17) is 9.47 Å². The topological polar surface area (TPSA) is 18.5 Å². The second-order valence-corrected chi connectivity index (χ2v) is 6.07. The lowest BCUT2D eigenvalue weighted by atomic mass is 9.64. The minimum Gasteiger partial charge on any atom is -0.501 e. The van der Waals surface area contributed by atoms with Crippen molar-refractivity contribution in [1.29, 1.82) is 0 Å². The molecule has 4 atom stereocenters. The van der Waals surface area contributed by atoms with Crippen molar-refractivity contribution in [3.63, 3.8) is 0 Å². The van der Waals surface area contributed by atoms with Crippen molar-refractivity contribution in [3.05, 3.63) is 23.5 Å². The van der Waals surface area contributed by atoms with Crippen LogP contribution in [0.1, 0.15) is 40.0 Å². The van der Waals surface area contributed by atoms with Crippen LogP contribution in [0, 0.1) is 23.7 Å². The van der Waals surface area contributed by atoms with Crippen LogP contribution >= 0.6 is 0 Å². The fourth-order valence-corrected chi connectivity index (χ4v) is 3.36. The van der Waals surface area contributed by atoms with Gasteiger partial charge in [-0.15, -0.1) is 0 Å². The van der Waals surface area contributed by atoms with Crippen LogP contribution in [0.2, 0.25) is 0 Å². The zero-order valence-electron chi connectivity index (χ0n) is 12.8. The van der Waals surface area contributed by atoms with Gasteiger partial charge in [-0.05, 0) is 43.1 Å². The third kappa shape index (κ3) is 3.05. The Morgan fingerprint density at radius 1 is 1.21 bits per heavy atom. The highest BCUT2D eigenvalue weighted by Gasteiger charge is 2.37. The highest BCUT2D eigenvalue weighted by molar-refractivity contribution is 5.29. The summed E-state index contributed by atoms with van der Waals surface area (Å²) in [5.74, 6) is 3.66. The summed E-state index contributed by atoms with van der Waals surface area (Å²) in [4.78, 5) is 0. The van der Waals surface area contributed by atoms with Crippen LogP contribution in [0.5, 0.6) is 0 Å². The third-order valence-corrected chi connectivity index (χ3v) is 4.86. The van der Waals surface area contributed by atoms with E-state index >= 15 is 0 Å². The molecule has 0 spiro atoms. The van der Waals surface area contributed by atoms with E-state index in [1.165, 1.54) is 12.8 Å². The van der Waals surface area contributed by atoms with Gasteiger partial charge in [-0.1, -0.05) is 32.4 Å². The second kappa shape index (κ2) is 6.60. The molecular formula is C17H28O2. The summed E-state index contributed by atoms with van der Waals surface area (Å²) in [5, 5.41) is 0. The maximum Gasteiger partial charge on any atom is 0.101 e. The van der Waals surface area contributed by atoms with Crippen molar-refractivity contribution in [3.8, 4) is 0 Å². The van der Waals surface area contributed by atoms with Crippen LogP contribution < -0.4 is 0 Å². The molecule has 0 amide bonds. The van der Waals surface area contributed by atoms with Gasteiger partial charge in [-0.25, -0.2) is 0 Å². The molecule has 2 rings (SSSR count). The molecule has 19 heavy (non-hydrogen) atoms. The van der Waals surface area contributed by atoms with E-state index in [1.807, 2.05) is 0 Å². The molecule has 0 bridgehead atoms. The van der Waals surface area contributed by atoms with E-state index < -0.39 is 0 Å². The minimum absolute atomic E-state index is 0.393. The molecule has 0 aromatic carbocycles. The Morgan fingerprint density at radius 3 is 2.53 bits per heavy atom. The summed E-state index contributed by atoms with van der Waals surface area (Å²) in [6.07, 6.45) is 8.29. The first-order chi connectivity index (χ1) is 9.19. The Bertz CT molecular complexity index is 356. The normalized spacial score (nSPS) is 34.3. The van der Waals surface area contributed by atoms with Crippen LogP contribution in [-0.4, -0.2) is 20.3 Å². The monoisotopic (exact) mass is 264 g/mol. The van der Waals surface area contributed by atoms with Crippen LogP contribution in [0.25, 0.3) is 0 Å². The summed E-state index contributed by atoms with van der Waals surface area (Å²) < 4.78 is 11.3. The standard InChI is InChI=1S/C17H28O2/c1-5-10-19-11-16-13(3)15(8-9-17(16)18-4)14-7-6-12(14)2/h8-9,12-14,16H,5-7,10-11H2,1-4H3/t12-,13+,14+,16?/m0/s1. The maximum absolute atomic E-state index is 5.78. The lowest BCUT2D eigenvalue weighted by Crippen LogP contribution is -2.33. The number of methoxy groups -OCH3 is 1. The number of allylic oxidation sites excluding steroid dienone is 3. The molecule has 2 aliphatic carbocycles. The van der Waals surface area contributed by atoms with Gasteiger partial charge in [0, 0.05) is 12.5 Å². The van der Waals surface area contributed by atoms with Crippen molar-refractivity contribution in [2.24, 2.45) is 23.7 Å². The van der Waals surface area contributed by atoms with E-state index in [-0.39, 0.29) is 0 Å². The molecule has 0 aliphatic heterocycles. The van der Waals surface area contributed by atoms with Crippen LogP contribution in [0.15, 0.2) is 23.5 Å². The van der Waals surface area contributed by atoms with Crippen LogP contribution in [0.3, 0.4) is 0 Å². The van der Waals surface area contributed by atoms with Gasteiger partial charge < -0.3 is 9.47 Å². The average molecular weight is 264 g/mol. The predicted molar refractivity (Wildman–Crippen MR) is 78.8 cm³/mol. The summed E-state index contributed by atoms with van der Waals surface area (Å²) in [5.41, 5.74) is 1.62. The molecule has 0 aromatic rings. The maximum atomic E-state index is 5.78. The van der Waals surface area contributed by atoms with Crippen molar-refractivity contribution in [1.82, 2.24) is 0 Å². The Hall–Kier alpha value is -0.760. The van der Waals surface area contributed by atoms with E-state index in [0.717, 1.165) is 37.2 Å². The quantitative estimate of drug-likeness (QED) is 0.670. The van der Waals surface area contributed by atoms with Gasteiger partial charge in [0.25, 0.3) is 0 Å². The number of hydrogen-bond donors (Lipinski definition) is 0. The highest BCUT2D eigenvalue weighted by Crippen LogP contribution is 2.46. The van der Waals surface area contributed by atoms with Gasteiger partial charge in [-0.2, -0.15) is 0 Å². The average Bonchev–Trinajstić information content (AvgIpc) is 2.41. The lowest BCUT2D eigenvalue weighted by molar-refractivity contribution is 0.0679. The summed E-state index contributed by atoms with van der Waals surface area (Å²) in [6.45, 7) is 8.49. The van der Waals surface area contributed by atoms with Crippen molar-refractivity contribution in [2.45, 2.75) is 40.0 Å². The third-order valence-electron chi connectivity index (χ3n) is 4.86. The largest absolute Gasteiger partial charge is 0.501 e. The molecule has 2 heteroatoms. The summed E-state index contributed by atoms with van der Waals surface area (Å²) in [6, 6.07) is 0. The van der Waals surface area contributed by atoms with Crippen molar-refractivity contribution in [2.75, 3.05) is 20.3 Å². The molecule has 1 unspecified atom stereocenters. The second-order valence-electron chi connectivity index (χ2n) is 6.07. The first kappa shape index (κ1) is 14.6. The first-order valence-electron chi connectivity index (χ1n) is 7.72. The summed E-state index contributed by atoms with van der Waals surface area (Å²) in [7, 11) is 1.77. The molecular weight excluding hydrogens is 236 g/mol. The molecule has 0 N–H and O–H groups in total. The molecule has 0 heterocycles.